The van der Waals surface area contributed by atoms with Crippen molar-refractivity contribution in [1.29, 1.82) is 0 Å². The smallest absolute Gasteiger partial charge is 0.111 e. The topological polar surface area (TPSA) is 116 Å². The summed E-state index contributed by atoms with van der Waals surface area (Å²) in [5, 5.41) is 39.1. The van der Waals surface area contributed by atoms with Crippen molar-refractivity contribution in [3.8, 4) is 0 Å². The van der Waals surface area contributed by atoms with Crippen LogP contribution in [0, 0.1) is 0 Å². The summed E-state index contributed by atoms with van der Waals surface area (Å²) in [5.74, 6) is 0. The zero-order valence-corrected chi connectivity index (χ0v) is 19.3. The molecule has 1 rings (SSSR count). The molecular formula is C24H49NO5. The van der Waals surface area contributed by atoms with Gasteiger partial charge in [-0.15, -0.1) is 0 Å². The van der Waals surface area contributed by atoms with Crippen molar-refractivity contribution < 1.29 is 25.2 Å². The highest BCUT2D eigenvalue weighted by Gasteiger charge is 2.45. The molecule has 1 aliphatic heterocycles. The molecule has 1 saturated heterocycles. The van der Waals surface area contributed by atoms with E-state index in [9.17, 15) is 20.4 Å². The fourth-order valence-electron chi connectivity index (χ4n) is 4.40. The van der Waals surface area contributed by atoms with Crippen LogP contribution in [0.2, 0.25) is 0 Å². The van der Waals surface area contributed by atoms with Crippen LogP contribution in [0.4, 0.5) is 0 Å². The summed E-state index contributed by atoms with van der Waals surface area (Å²) in [7, 11) is 0. The summed E-state index contributed by atoms with van der Waals surface area (Å²) >= 11 is 0. The number of hydrogen-bond donors (Lipinski definition) is 5. The molecule has 1 aliphatic rings. The Morgan fingerprint density at radius 2 is 1.10 bits per heavy atom. The summed E-state index contributed by atoms with van der Waals surface area (Å²) < 4.78 is 5.53. The third-order valence-electron chi connectivity index (χ3n) is 6.49. The van der Waals surface area contributed by atoms with Gasteiger partial charge in [0, 0.05) is 6.04 Å². The standard InChI is InChI=1S/C24H49NO5/c1-2-3-4-5-6-7-8-9-10-11-12-13-14-15-16-17-19(25)24-23(29)22(28)21(27)20(18-26)30-24/h19-24,26-29H,2-18,25H2,1H3/t19?,20-,21+,22+,23-,24?/m1/s1. The number of unbranched alkanes of at least 4 members (excludes halogenated alkanes) is 14. The first-order valence-electron chi connectivity index (χ1n) is 12.6. The Balaban J connectivity index is 1.96. The Morgan fingerprint density at radius 1 is 0.667 bits per heavy atom. The van der Waals surface area contributed by atoms with Crippen LogP contribution in [0.3, 0.4) is 0 Å². The van der Waals surface area contributed by atoms with Crippen LogP contribution in [0.15, 0.2) is 0 Å². The number of aliphatic hydroxyl groups excluding tert-OH is 4. The molecule has 1 fully saturated rings. The van der Waals surface area contributed by atoms with E-state index in [2.05, 4.69) is 6.92 Å². The lowest BCUT2D eigenvalue weighted by Gasteiger charge is -2.42. The summed E-state index contributed by atoms with van der Waals surface area (Å²) in [6.45, 7) is 1.85. The minimum Gasteiger partial charge on any atom is -0.394 e. The van der Waals surface area contributed by atoms with E-state index in [4.69, 9.17) is 10.5 Å². The molecular weight excluding hydrogens is 382 g/mol. The van der Waals surface area contributed by atoms with Crippen molar-refractivity contribution in [2.24, 2.45) is 5.73 Å². The van der Waals surface area contributed by atoms with Gasteiger partial charge in [-0.05, 0) is 6.42 Å². The number of ether oxygens (including phenoxy) is 1. The Labute approximate surface area is 184 Å². The number of hydrogen-bond acceptors (Lipinski definition) is 6. The average molecular weight is 432 g/mol. The molecule has 0 aromatic carbocycles. The lowest BCUT2D eigenvalue weighted by molar-refractivity contribution is -0.233. The Hall–Kier alpha value is -0.240. The fraction of sp³-hybridized carbons (Fsp3) is 1.00. The lowest BCUT2D eigenvalue weighted by Crippen LogP contribution is -2.62. The van der Waals surface area contributed by atoms with Gasteiger partial charge < -0.3 is 30.9 Å². The SMILES string of the molecule is CCCCCCCCCCCCCCCCCC(N)C1O[C@H](CO)[C@H](O)[C@H](O)[C@H]1O. The van der Waals surface area contributed by atoms with E-state index in [0.29, 0.717) is 6.42 Å². The van der Waals surface area contributed by atoms with E-state index < -0.39 is 43.2 Å². The highest BCUT2D eigenvalue weighted by atomic mass is 16.5. The van der Waals surface area contributed by atoms with E-state index in [-0.39, 0.29) is 0 Å². The van der Waals surface area contributed by atoms with Crippen molar-refractivity contribution in [2.45, 2.75) is 146 Å². The van der Waals surface area contributed by atoms with E-state index in [1.165, 1.54) is 83.5 Å². The van der Waals surface area contributed by atoms with Crippen molar-refractivity contribution in [1.82, 2.24) is 0 Å². The van der Waals surface area contributed by atoms with Crippen molar-refractivity contribution in [2.75, 3.05) is 6.61 Å². The van der Waals surface area contributed by atoms with E-state index in [1.54, 1.807) is 0 Å². The second-order valence-electron chi connectivity index (χ2n) is 9.20. The second-order valence-corrected chi connectivity index (χ2v) is 9.20. The lowest BCUT2D eigenvalue weighted by atomic mass is 9.89. The zero-order valence-electron chi connectivity index (χ0n) is 19.3. The van der Waals surface area contributed by atoms with Gasteiger partial charge in [0.25, 0.3) is 0 Å². The van der Waals surface area contributed by atoms with Crippen molar-refractivity contribution in [3.05, 3.63) is 0 Å². The molecule has 0 amide bonds. The van der Waals surface area contributed by atoms with Crippen LogP contribution >= 0.6 is 0 Å². The average Bonchev–Trinajstić information content (AvgIpc) is 2.75. The predicted octanol–water partition coefficient (Wildman–Crippen LogP) is 3.42. The van der Waals surface area contributed by atoms with Gasteiger partial charge in [-0.3, -0.25) is 0 Å². The summed E-state index contributed by atoms with van der Waals surface area (Å²) in [5.41, 5.74) is 6.16. The molecule has 0 aromatic heterocycles. The van der Waals surface area contributed by atoms with Gasteiger partial charge >= 0.3 is 0 Å². The van der Waals surface area contributed by atoms with Crippen LogP contribution in [0.25, 0.3) is 0 Å². The van der Waals surface area contributed by atoms with Gasteiger partial charge in [-0.25, -0.2) is 0 Å². The van der Waals surface area contributed by atoms with Gasteiger partial charge in [-0.2, -0.15) is 0 Å². The first kappa shape index (κ1) is 27.8. The Morgan fingerprint density at radius 3 is 1.53 bits per heavy atom. The monoisotopic (exact) mass is 431 g/mol. The maximum Gasteiger partial charge on any atom is 0.111 e. The zero-order chi connectivity index (χ0) is 22.2. The molecule has 0 bridgehead atoms. The van der Waals surface area contributed by atoms with Gasteiger partial charge in [0.2, 0.25) is 0 Å². The molecule has 6 atom stereocenters. The first-order chi connectivity index (χ1) is 14.5. The number of aliphatic hydroxyl groups is 4. The molecule has 6 N–H and O–H groups in total. The molecule has 30 heavy (non-hydrogen) atoms. The normalized spacial score (nSPS) is 28.0. The van der Waals surface area contributed by atoms with Gasteiger partial charge in [-0.1, -0.05) is 103 Å². The molecule has 180 valence electrons. The van der Waals surface area contributed by atoms with E-state index in [1.807, 2.05) is 0 Å². The van der Waals surface area contributed by atoms with Crippen LogP contribution < -0.4 is 5.73 Å². The Bertz CT molecular complexity index is 396. The van der Waals surface area contributed by atoms with E-state index in [0.717, 1.165) is 12.8 Å². The van der Waals surface area contributed by atoms with Crippen LogP contribution in [-0.2, 0) is 4.74 Å². The Kier molecular flexibility index (Phi) is 16.1. The first-order valence-corrected chi connectivity index (χ1v) is 12.6. The van der Waals surface area contributed by atoms with Crippen LogP contribution in [0.1, 0.15) is 110 Å². The molecule has 6 heteroatoms. The molecule has 1 heterocycles. The number of nitrogens with two attached hydrogens (primary N) is 1. The largest absolute Gasteiger partial charge is 0.394 e. The fourth-order valence-corrected chi connectivity index (χ4v) is 4.40. The predicted molar refractivity (Wildman–Crippen MR) is 121 cm³/mol. The third-order valence-corrected chi connectivity index (χ3v) is 6.49. The summed E-state index contributed by atoms with van der Waals surface area (Å²) in [6, 6.07) is -0.418. The molecule has 0 radical (unpaired) electrons. The quantitative estimate of drug-likeness (QED) is 0.212. The maximum atomic E-state index is 10.1. The van der Waals surface area contributed by atoms with Gasteiger partial charge in [0.05, 0.1) is 6.61 Å². The molecule has 6 nitrogen and oxygen atoms in total. The second kappa shape index (κ2) is 17.3. The highest BCUT2D eigenvalue weighted by Crippen LogP contribution is 2.24. The van der Waals surface area contributed by atoms with Crippen LogP contribution in [0.5, 0.6) is 0 Å². The minimum absolute atomic E-state index is 0.410. The minimum atomic E-state index is -1.34. The van der Waals surface area contributed by atoms with E-state index >= 15 is 0 Å². The maximum absolute atomic E-state index is 10.1. The molecule has 0 saturated carbocycles. The molecule has 2 unspecified atom stereocenters. The molecule has 0 aromatic rings. The van der Waals surface area contributed by atoms with Gasteiger partial charge in [0.1, 0.15) is 30.5 Å². The molecule has 0 aliphatic carbocycles. The summed E-state index contributed by atoms with van der Waals surface area (Å²) in [4.78, 5) is 0. The van der Waals surface area contributed by atoms with Crippen molar-refractivity contribution in [3.63, 3.8) is 0 Å². The van der Waals surface area contributed by atoms with Crippen molar-refractivity contribution >= 4 is 0 Å². The van der Waals surface area contributed by atoms with Gasteiger partial charge in [0.15, 0.2) is 0 Å². The highest BCUT2D eigenvalue weighted by molar-refractivity contribution is 4.95. The third kappa shape index (κ3) is 10.9. The summed E-state index contributed by atoms with van der Waals surface area (Å²) in [6.07, 6.45) is 14.8. The van der Waals surface area contributed by atoms with Crippen LogP contribution in [-0.4, -0.2) is 63.6 Å². The number of rotatable bonds is 18. The molecule has 0 spiro atoms.